The summed E-state index contributed by atoms with van der Waals surface area (Å²) in [7, 11) is 0. The van der Waals surface area contributed by atoms with Crippen molar-refractivity contribution < 1.29 is 24.2 Å². The van der Waals surface area contributed by atoms with Gasteiger partial charge < -0.3 is 19.5 Å². The molecule has 2 fully saturated rings. The van der Waals surface area contributed by atoms with Crippen molar-refractivity contribution in [1.29, 1.82) is 0 Å². The van der Waals surface area contributed by atoms with E-state index >= 15 is 0 Å². The molecular weight excluding hydrogens is 334 g/mol. The second-order valence-corrected chi connectivity index (χ2v) is 7.51. The summed E-state index contributed by atoms with van der Waals surface area (Å²) < 4.78 is 11.5. The highest BCUT2D eigenvalue weighted by Crippen LogP contribution is 2.33. The van der Waals surface area contributed by atoms with Crippen molar-refractivity contribution in [3.8, 4) is 5.75 Å². The fourth-order valence-corrected chi connectivity index (χ4v) is 4.26. The fourth-order valence-electron chi connectivity index (χ4n) is 4.26. The van der Waals surface area contributed by atoms with Crippen molar-refractivity contribution in [1.82, 2.24) is 4.90 Å². The predicted octanol–water partition coefficient (Wildman–Crippen LogP) is 2.18. The van der Waals surface area contributed by atoms with Crippen LogP contribution >= 0.6 is 0 Å². The first-order valence-corrected chi connectivity index (χ1v) is 9.52. The molecule has 0 spiro atoms. The number of rotatable bonds is 4. The van der Waals surface area contributed by atoms with Gasteiger partial charge in [0, 0.05) is 32.5 Å². The number of piperidine rings is 1. The average Bonchev–Trinajstić information content (AvgIpc) is 3.33. The number of nitrogens with zero attached hydrogens (tertiary/aromatic N) is 1. The fraction of sp³-hybridized carbons (Fsp3) is 0.600. The molecule has 140 valence electrons. The third kappa shape index (κ3) is 3.18. The number of carbonyl (C=O) groups is 2. The van der Waals surface area contributed by atoms with Gasteiger partial charge in [-0.1, -0.05) is 6.07 Å². The number of fused-ring (bicyclic) bond motifs is 1. The third-order valence-electron chi connectivity index (χ3n) is 5.86. The second kappa shape index (κ2) is 6.91. The first kappa shape index (κ1) is 17.3. The maximum atomic E-state index is 12.5. The number of carbonyl (C=O) groups excluding carboxylic acids is 1. The smallest absolute Gasteiger partial charge is 0.348 e. The Bertz CT molecular complexity index is 702. The van der Waals surface area contributed by atoms with Crippen molar-refractivity contribution in [2.24, 2.45) is 0 Å². The van der Waals surface area contributed by atoms with E-state index in [-0.39, 0.29) is 24.9 Å². The number of likely N-dealkylation sites (tertiary alicyclic amines) is 1. The van der Waals surface area contributed by atoms with Gasteiger partial charge in [-0.15, -0.1) is 0 Å². The topological polar surface area (TPSA) is 76.1 Å². The van der Waals surface area contributed by atoms with E-state index in [1.54, 1.807) is 4.90 Å². The molecule has 0 radical (unpaired) electrons. The summed E-state index contributed by atoms with van der Waals surface area (Å²) in [5.41, 5.74) is 1.33. The summed E-state index contributed by atoms with van der Waals surface area (Å²) in [5.74, 6) is -0.354. The largest absolute Gasteiger partial charge is 0.478 e. The molecule has 6 heteroatoms. The molecular formula is C20H25NO5. The van der Waals surface area contributed by atoms with Crippen molar-refractivity contribution >= 4 is 11.9 Å². The minimum absolute atomic E-state index is 0.0148. The number of carboxylic acid groups (broad SMARTS) is 1. The monoisotopic (exact) mass is 359 g/mol. The quantitative estimate of drug-likeness (QED) is 0.892. The molecule has 1 unspecified atom stereocenters. The molecule has 0 bridgehead atoms. The number of ether oxygens (including phenoxy) is 2. The predicted molar refractivity (Wildman–Crippen MR) is 94.2 cm³/mol. The van der Waals surface area contributed by atoms with Gasteiger partial charge in [-0.2, -0.15) is 0 Å². The van der Waals surface area contributed by atoms with Gasteiger partial charge in [-0.25, -0.2) is 4.79 Å². The average molecular weight is 359 g/mol. The number of hydrogen-bond donors (Lipinski definition) is 1. The summed E-state index contributed by atoms with van der Waals surface area (Å²) in [6.45, 7) is 1.40. The van der Waals surface area contributed by atoms with Crippen LogP contribution in [-0.4, -0.2) is 53.3 Å². The molecule has 4 rings (SSSR count). The number of benzene rings is 1. The van der Waals surface area contributed by atoms with Crippen LogP contribution in [-0.2, 0) is 27.2 Å². The molecule has 0 saturated carbocycles. The van der Waals surface area contributed by atoms with Crippen LogP contribution in [0.15, 0.2) is 18.2 Å². The zero-order chi connectivity index (χ0) is 18.1. The number of carboxylic acids is 1. The SMILES string of the molecule is O=C(C1CCCO1)N1CCC(Oc2ccc3c(c2)CCC3)(C(=O)O)CC1. The standard InChI is InChI=1S/C20H25NO5/c22-18(17-5-2-12-25-17)21-10-8-20(9-11-21,19(23)24)26-16-7-6-14-3-1-4-15(14)13-16/h6-7,13,17H,1-5,8-12H2,(H,23,24). The van der Waals surface area contributed by atoms with Crippen molar-refractivity contribution in [3.63, 3.8) is 0 Å². The molecule has 2 heterocycles. The number of hydrogen-bond acceptors (Lipinski definition) is 4. The molecule has 2 saturated heterocycles. The lowest BCUT2D eigenvalue weighted by atomic mass is 9.90. The molecule has 1 atom stereocenters. The van der Waals surface area contributed by atoms with Crippen LogP contribution in [0.2, 0.25) is 0 Å². The number of aliphatic carboxylic acids is 1. The van der Waals surface area contributed by atoms with Gasteiger partial charge in [0.05, 0.1) is 0 Å². The molecule has 6 nitrogen and oxygen atoms in total. The van der Waals surface area contributed by atoms with Crippen LogP contribution in [0.3, 0.4) is 0 Å². The zero-order valence-corrected chi connectivity index (χ0v) is 14.9. The van der Waals surface area contributed by atoms with Gasteiger partial charge in [0.25, 0.3) is 5.91 Å². The summed E-state index contributed by atoms with van der Waals surface area (Å²) >= 11 is 0. The minimum Gasteiger partial charge on any atom is -0.478 e. The Morgan fingerprint density at radius 3 is 2.62 bits per heavy atom. The van der Waals surface area contributed by atoms with Gasteiger partial charge in [0.2, 0.25) is 5.60 Å². The highest BCUT2D eigenvalue weighted by Gasteiger charge is 2.46. The molecule has 1 aliphatic carbocycles. The van der Waals surface area contributed by atoms with E-state index in [2.05, 4.69) is 0 Å². The van der Waals surface area contributed by atoms with Gasteiger partial charge in [0.15, 0.2) is 0 Å². The van der Waals surface area contributed by atoms with Gasteiger partial charge >= 0.3 is 5.97 Å². The molecule has 2 aliphatic heterocycles. The Labute approximate surface area is 153 Å². The van der Waals surface area contributed by atoms with E-state index in [9.17, 15) is 14.7 Å². The van der Waals surface area contributed by atoms with Crippen LogP contribution in [0, 0.1) is 0 Å². The van der Waals surface area contributed by atoms with Crippen LogP contribution < -0.4 is 4.74 Å². The van der Waals surface area contributed by atoms with Crippen LogP contribution in [0.1, 0.15) is 43.2 Å². The Hall–Kier alpha value is -2.08. The van der Waals surface area contributed by atoms with Crippen LogP contribution in [0.25, 0.3) is 0 Å². The maximum Gasteiger partial charge on any atom is 0.348 e. The first-order chi connectivity index (χ1) is 12.6. The van der Waals surface area contributed by atoms with Gasteiger partial charge in [0.1, 0.15) is 11.9 Å². The molecule has 1 amide bonds. The second-order valence-electron chi connectivity index (χ2n) is 7.51. The lowest BCUT2D eigenvalue weighted by Gasteiger charge is -2.39. The molecule has 3 aliphatic rings. The normalized spacial score (nSPS) is 24.3. The van der Waals surface area contributed by atoms with E-state index in [1.165, 1.54) is 11.1 Å². The molecule has 0 aromatic heterocycles. The maximum absolute atomic E-state index is 12.5. The van der Waals surface area contributed by atoms with E-state index in [0.29, 0.717) is 25.4 Å². The van der Waals surface area contributed by atoms with Crippen molar-refractivity contribution in [3.05, 3.63) is 29.3 Å². The molecule has 1 N–H and O–H groups in total. The van der Waals surface area contributed by atoms with Crippen LogP contribution in [0.5, 0.6) is 5.75 Å². The summed E-state index contributed by atoms with van der Waals surface area (Å²) in [6.07, 6.45) is 5.13. The Balaban J connectivity index is 1.45. The Kier molecular flexibility index (Phi) is 4.61. The highest BCUT2D eigenvalue weighted by molar-refractivity contribution is 5.82. The van der Waals surface area contributed by atoms with Crippen molar-refractivity contribution in [2.75, 3.05) is 19.7 Å². The lowest BCUT2D eigenvalue weighted by molar-refractivity contribution is -0.163. The van der Waals surface area contributed by atoms with Gasteiger partial charge in [-0.05, 0) is 55.4 Å². The Morgan fingerprint density at radius 1 is 1.15 bits per heavy atom. The van der Waals surface area contributed by atoms with Gasteiger partial charge in [-0.3, -0.25) is 4.79 Å². The Morgan fingerprint density at radius 2 is 1.92 bits per heavy atom. The minimum atomic E-state index is -1.26. The van der Waals surface area contributed by atoms with E-state index in [0.717, 1.165) is 32.1 Å². The molecule has 1 aromatic rings. The van der Waals surface area contributed by atoms with E-state index in [4.69, 9.17) is 9.47 Å². The number of amides is 1. The zero-order valence-electron chi connectivity index (χ0n) is 14.9. The number of aryl methyl sites for hydroxylation is 2. The first-order valence-electron chi connectivity index (χ1n) is 9.52. The van der Waals surface area contributed by atoms with Crippen LogP contribution in [0.4, 0.5) is 0 Å². The van der Waals surface area contributed by atoms with E-state index in [1.807, 2.05) is 18.2 Å². The third-order valence-corrected chi connectivity index (χ3v) is 5.86. The van der Waals surface area contributed by atoms with E-state index < -0.39 is 11.6 Å². The summed E-state index contributed by atoms with van der Waals surface area (Å²) in [5, 5.41) is 9.83. The van der Waals surface area contributed by atoms with Crippen molar-refractivity contribution in [2.45, 2.75) is 56.7 Å². The summed E-state index contributed by atoms with van der Waals surface area (Å²) in [4.78, 5) is 26.2. The molecule has 1 aromatic carbocycles. The summed E-state index contributed by atoms with van der Waals surface area (Å²) in [6, 6.07) is 5.90. The highest BCUT2D eigenvalue weighted by atomic mass is 16.5. The molecule has 26 heavy (non-hydrogen) atoms. The lowest BCUT2D eigenvalue weighted by Crippen LogP contribution is -2.55.